The van der Waals surface area contributed by atoms with Crippen LogP contribution in [0.4, 0.5) is 5.69 Å². The molecular formula is C13H12N2O. The number of carbonyl (C=O) groups is 1. The summed E-state index contributed by atoms with van der Waals surface area (Å²) in [5.41, 5.74) is 8.55. The second-order valence-corrected chi connectivity index (χ2v) is 3.64. The highest BCUT2D eigenvalue weighted by Crippen LogP contribution is 2.15. The van der Waals surface area contributed by atoms with Crippen LogP contribution >= 0.6 is 0 Å². The van der Waals surface area contributed by atoms with E-state index in [-0.39, 0.29) is 5.78 Å². The van der Waals surface area contributed by atoms with Gasteiger partial charge in [0, 0.05) is 29.2 Å². The van der Waals surface area contributed by atoms with Crippen molar-refractivity contribution in [2.45, 2.75) is 6.92 Å². The Morgan fingerprint density at radius 3 is 2.69 bits per heavy atom. The number of anilines is 1. The van der Waals surface area contributed by atoms with Crippen molar-refractivity contribution < 1.29 is 4.79 Å². The van der Waals surface area contributed by atoms with E-state index in [4.69, 9.17) is 5.73 Å². The van der Waals surface area contributed by atoms with Gasteiger partial charge in [-0.25, -0.2) is 0 Å². The molecule has 3 nitrogen and oxygen atoms in total. The predicted molar refractivity (Wildman–Crippen MR) is 63.3 cm³/mol. The molecule has 0 aliphatic carbocycles. The maximum atomic E-state index is 12.0. The third-order valence-electron chi connectivity index (χ3n) is 2.47. The normalized spacial score (nSPS) is 10.1. The molecule has 0 fully saturated rings. The van der Waals surface area contributed by atoms with Crippen molar-refractivity contribution >= 4 is 11.5 Å². The van der Waals surface area contributed by atoms with E-state index in [1.54, 1.807) is 36.7 Å². The Labute approximate surface area is 93.9 Å². The molecule has 0 saturated carbocycles. The first-order chi connectivity index (χ1) is 7.68. The molecule has 2 aromatic rings. The lowest BCUT2D eigenvalue weighted by Gasteiger charge is -2.04. The summed E-state index contributed by atoms with van der Waals surface area (Å²) in [6, 6.07) is 8.81. The maximum Gasteiger partial charge on any atom is 0.194 e. The van der Waals surface area contributed by atoms with Crippen LogP contribution in [0.2, 0.25) is 0 Å². The molecule has 2 N–H and O–H groups in total. The molecule has 0 unspecified atom stereocenters. The van der Waals surface area contributed by atoms with E-state index < -0.39 is 0 Å². The molecule has 0 saturated heterocycles. The van der Waals surface area contributed by atoms with Crippen molar-refractivity contribution in [3.8, 4) is 0 Å². The Kier molecular flexibility index (Phi) is 2.68. The van der Waals surface area contributed by atoms with Crippen LogP contribution in [0.3, 0.4) is 0 Å². The zero-order valence-electron chi connectivity index (χ0n) is 8.97. The van der Waals surface area contributed by atoms with Crippen molar-refractivity contribution in [1.82, 2.24) is 4.98 Å². The van der Waals surface area contributed by atoms with Gasteiger partial charge in [-0.3, -0.25) is 9.78 Å². The van der Waals surface area contributed by atoms with E-state index in [9.17, 15) is 4.79 Å². The van der Waals surface area contributed by atoms with Gasteiger partial charge in [0.25, 0.3) is 0 Å². The fraction of sp³-hybridized carbons (Fsp3) is 0.0769. The lowest BCUT2D eigenvalue weighted by atomic mass is 10.0. The molecule has 80 valence electrons. The molecule has 1 aromatic heterocycles. The minimum absolute atomic E-state index is 0.0557. The number of hydrogen-bond donors (Lipinski definition) is 1. The highest BCUT2D eigenvalue weighted by Gasteiger charge is 2.09. The maximum absolute atomic E-state index is 12.0. The Balaban J connectivity index is 2.39. The van der Waals surface area contributed by atoms with Gasteiger partial charge in [-0.15, -0.1) is 0 Å². The summed E-state index contributed by atoms with van der Waals surface area (Å²) in [5, 5.41) is 0. The van der Waals surface area contributed by atoms with Gasteiger partial charge < -0.3 is 5.73 Å². The summed E-state index contributed by atoms with van der Waals surface area (Å²) >= 11 is 0. The molecule has 2 rings (SSSR count). The fourth-order valence-corrected chi connectivity index (χ4v) is 1.45. The number of aryl methyl sites for hydroxylation is 1. The second-order valence-electron chi connectivity index (χ2n) is 3.64. The van der Waals surface area contributed by atoms with Crippen molar-refractivity contribution in [1.29, 1.82) is 0 Å². The smallest absolute Gasteiger partial charge is 0.194 e. The lowest BCUT2D eigenvalue weighted by Crippen LogP contribution is -2.03. The van der Waals surface area contributed by atoms with Gasteiger partial charge in [-0.05, 0) is 30.7 Å². The van der Waals surface area contributed by atoms with Crippen molar-refractivity contribution in [3.63, 3.8) is 0 Å². The van der Waals surface area contributed by atoms with Crippen LogP contribution in [-0.4, -0.2) is 10.8 Å². The van der Waals surface area contributed by atoms with Gasteiger partial charge >= 0.3 is 0 Å². The number of nitrogens with two attached hydrogens (primary N) is 1. The average Bonchev–Trinajstić information content (AvgIpc) is 2.33. The zero-order valence-corrected chi connectivity index (χ0v) is 8.97. The minimum Gasteiger partial charge on any atom is -0.398 e. The van der Waals surface area contributed by atoms with Crippen LogP contribution in [0.15, 0.2) is 42.7 Å². The second kappa shape index (κ2) is 4.14. The van der Waals surface area contributed by atoms with Crippen LogP contribution in [-0.2, 0) is 0 Å². The minimum atomic E-state index is -0.0557. The molecule has 1 heterocycles. The van der Waals surface area contributed by atoms with E-state index in [1.807, 2.05) is 13.0 Å². The monoisotopic (exact) mass is 212 g/mol. The van der Waals surface area contributed by atoms with Gasteiger partial charge in [-0.1, -0.05) is 12.1 Å². The van der Waals surface area contributed by atoms with Gasteiger partial charge in [0.05, 0.1) is 0 Å². The quantitative estimate of drug-likeness (QED) is 0.613. The third-order valence-corrected chi connectivity index (χ3v) is 2.47. The summed E-state index contributed by atoms with van der Waals surface area (Å²) in [6.45, 7) is 1.91. The van der Waals surface area contributed by atoms with Crippen LogP contribution in [0.5, 0.6) is 0 Å². The number of rotatable bonds is 2. The van der Waals surface area contributed by atoms with Crippen molar-refractivity contribution in [3.05, 3.63) is 59.4 Å². The lowest BCUT2D eigenvalue weighted by molar-refractivity contribution is 0.103. The number of nitrogens with zero attached hydrogens (tertiary/aromatic N) is 1. The van der Waals surface area contributed by atoms with Crippen LogP contribution in [0.25, 0.3) is 0 Å². The zero-order chi connectivity index (χ0) is 11.5. The molecule has 3 heteroatoms. The summed E-state index contributed by atoms with van der Waals surface area (Å²) in [5.74, 6) is -0.0557. The standard InChI is InChI=1S/C13H12N2O/c1-9-4-5-10(7-12(9)14)13(16)11-3-2-6-15-8-11/h2-8H,14H2,1H3. The number of benzene rings is 1. The SMILES string of the molecule is Cc1ccc(C(=O)c2cccnc2)cc1N. The number of nitrogen functional groups attached to an aromatic ring is 1. The largest absolute Gasteiger partial charge is 0.398 e. The first kappa shape index (κ1) is 10.4. The van der Waals surface area contributed by atoms with E-state index >= 15 is 0 Å². The van der Waals surface area contributed by atoms with Crippen LogP contribution in [0, 0.1) is 6.92 Å². The Bertz CT molecular complexity index is 521. The molecule has 0 amide bonds. The molecule has 0 radical (unpaired) electrons. The Hall–Kier alpha value is -2.16. The van der Waals surface area contributed by atoms with E-state index in [1.165, 1.54) is 0 Å². The van der Waals surface area contributed by atoms with Crippen molar-refractivity contribution in [2.24, 2.45) is 0 Å². The molecule has 0 spiro atoms. The average molecular weight is 212 g/mol. The fourth-order valence-electron chi connectivity index (χ4n) is 1.45. The topological polar surface area (TPSA) is 56.0 Å². The number of aromatic nitrogens is 1. The van der Waals surface area contributed by atoms with Crippen LogP contribution in [0.1, 0.15) is 21.5 Å². The number of ketones is 1. The Morgan fingerprint density at radius 1 is 1.25 bits per heavy atom. The third kappa shape index (κ3) is 1.93. The van der Waals surface area contributed by atoms with Gasteiger partial charge in [0.1, 0.15) is 0 Å². The van der Waals surface area contributed by atoms with Gasteiger partial charge in [0.15, 0.2) is 5.78 Å². The number of carbonyl (C=O) groups excluding carboxylic acids is 1. The van der Waals surface area contributed by atoms with Crippen molar-refractivity contribution in [2.75, 3.05) is 5.73 Å². The highest BCUT2D eigenvalue weighted by atomic mass is 16.1. The summed E-state index contributed by atoms with van der Waals surface area (Å²) in [7, 11) is 0. The van der Waals surface area contributed by atoms with Gasteiger partial charge in [-0.2, -0.15) is 0 Å². The molecule has 16 heavy (non-hydrogen) atoms. The molecule has 1 aromatic carbocycles. The summed E-state index contributed by atoms with van der Waals surface area (Å²) in [4.78, 5) is 15.9. The number of pyridine rings is 1. The molecule has 0 atom stereocenters. The molecule has 0 bridgehead atoms. The van der Waals surface area contributed by atoms with Crippen LogP contribution < -0.4 is 5.73 Å². The first-order valence-corrected chi connectivity index (χ1v) is 4.99. The number of hydrogen-bond acceptors (Lipinski definition) is 3. The molecule has 0 aliphatic rings. The van der Waals surface area contributed by atoms with E-state index in [0.717, 1.165) is 5.56 Å². The molecular weight excluding hydrogens is 200 g/mol. The van der Waals surface area contributed by atoms with Gasteiger partial charge in [0.2, 0.25) is 0 Å². The van der Waals surface area contributed by atoms with E-state index in [0.29, 0.717) is 16.8 Å². The molecule has 0 aliphatic heterocycles. The predicted octanol–water partition coefficient (Wildman–Crippen LogP) is 2.20. The highest BCUT2D eigenvalue weighted by molar-refractivity contribution is 6.09. The summed E-state index contributed by atoms with van der Waals surface area (Å²) < 4.78 is 0. The Morgan fingerprint density at radius 2 is 2.06 bits per heavy atom. The first-order valence-electron chi connectivity index (χ1n) is 4.99. The van der Waals surface area contributed by atoms with E-state index in [2.05, 4.69) is 4.98 Å². The summed E-state index contributed by atoms with van der Waals surface area (Å²) in [6.07, 6.45) is 3.19.